The molecule has 2 aliphatic rings. The molecular formula is C19H26N4O2. The molecule has 6 nitrogen and oxygen atoms in total. The van der Waals surface area contributed by atoms with E-state index in [0.29, 0.717) is 18.8 Å². The van der Waals surface area contributed by atoms with Crippen LogP contribution in [0.4, 0.5) is 0 Å². The van der Waals surface area contributed by atoms with Gasteiger partial charge in [0.25, 0.3) is 0 Å². The van der Waals surface area contributed by atoms with Crippen LogP contribution in [0.3, 0.4) is 0 Å². The molecule has 0 N–H and O–H groups in total. The third-order valence-electron chi connectivity index (χ3n) is 5.63. The van der Waals surface area contributed by atoms with Gasteiger partial charge in [-0.1, -0.05) is 6.92 Å². The van der Waals surface area contributed by atoms with Crippen LogP contribution in [-0.4, -0.2) is 38.7 Å². The number of carbonyl (C=O) groups excluding carboxylic acids is 1. The standard InChI is InChI=1S/C19H26N4O2/c1-13-10-16(13)17-7-5-15(25-17)6-8-18(24)23-9-3-4-14(11-23)19-21-20-12-22(19)2/h5,7,12-14,16H,3-4,6,8-11H2,1-2H3/t13-,14+,16-/m1/s1. The topological polar surface area (TPSA) is 64.2 Å². The molecule has 1 saturated heterocycles. The van der Waals surface area contributed by atoms with Crippen molar-refractivity contribution in [1.82, 2.24) is 19.7 Å². The number of piperidine rings is 1. The molecule has 0 radical (unpaired) electrons. The van der Waals surface area contributed by atoms with Crippen molar-refractivity contribution >= 4 is 5.91 Å². The minimum Gasteiger partial charge on any atom is -0.466 e. The van der Waals surface area contributed by atoms with Crippen molar-refractivity contribution in [2.24, 2.45) is 13.0 Å². The summed E-state index contributed by atoms with van der Waals surface area (Å²) in [7, 11) is 1.96. The largest absolute Gasteiger partial charge is 0.466 e. The Bertz CT molecular complexity index is 750. The van der Waals surface area contributed by atoms with Crippen LogP contribution in [-0.2, 0) is 18.3 Å². The van der Waals surface area contributed by atoms with Crippen molar-refractivity contribution in [2.45, 2.75) is 50.9 Å². The van der Waals surface area contributed by atoms with Gasteiger partial charge in [-0.05, 0) is 37.3 Å². The Morgan fingerprint density at radius 1 is 1.40 bits per heavy atom. The molecular weight excluding hydrogens is 316 g/mol. The molecule has 2 aromatic rings. The van der Waals surface area contributed by atoms with Crippen molar-refractivity contribution in [1.29, 1.82) is 0 Å². The van der Waals surface area contributed by atoms with Gasteiger partial charge in [-0.25, -0.2) is 0 Å². The lowest BCUT2D eigenvalue weighted by Gasteiger charge is -2.32. The van der Waals surface area contributed by atoms with Crippen LogP contribution in [0, 0.1) is 5.92 Å². The van der Waals surface area contributed by atoms with Crippen LogP contribution in [0.5, 0.6) is 0 Å². The Morgan fingerprint density at radius 2 is 2.24 bits per heavy atom. The third-order valence-corrected chi connectivity index (χ3v) is 5.63. The van der Waals surface area contributed by atoms with E-state index in [0.717, 1.165) is 49.2 Å². The van der Waals surface area contributed by atoms with Gasteiger partial charge >= 0.3 is 0 Å². The molecule has 0 unspecified atom stereocenters. The molecule has 0 bridgehead atoms. The highest BCUT2D eigenvalue weighted by Crippen LogP contribution is 2.47. The number of furan rings is 1. The molecule has 25 heavy (non-hydrogen) atoms. The van der Waals surface area contributed by atoms with E-state index in [-0.39, 0.29) is 11.8 Å². The van der Waals surface area contributed by atoms with E-state index in [2.05, 4.69) is 23.2 Å². The first kappa shape index (κ1) is 16.4. The normalized spacial score (nSPS) is 26.0. The van der Waals surface area contributed by atoms with Crippen LogP contribution in [0.2, 0.25) is 0 Å². The monoisotopic (exact) mass is 342 g/mol. The zero-order chi connectivity index (χ0) is 17.4. The number of aryl methyl sites for hydroxylation is 2. The van der Waals surface area contributed by atoms with E-state index in [1.165, 1.54) is 6.42 Å². The second-order valence-corrected chi connectivity index (χ2v) is 7.60. The Kier molecular flexibility index (Phi) is 4.36. The van der Waals surface area contributed by atoms with E-state index >= 15 is 0 Å². The Balaban J connectivity index is 1.31. The van der Waals surface area contributed by atoms with E-state index in [9.17, 15) is 4.79 Å². The van der Waals surface area contributed by atoms with Gasteiger partial charge < -0.3 is 13.9 Å². The van der Waals surface area contributed by atoms with Crippen molar-refractivity contribution in [3.8, 4) is 0 Å². The summed E-state index contributed by atoms with van der Waals surface area (Å²) in [5.41, 5.74) is 0. The molecule has 2 fully saturated rings. The van der Waals surface area contributed by atoms with Crippen LogP contribution in [0.15, 0.2) is 22.9 Å². The van der Waals surface area contributed by atoms with Gasteiger partial charge in [0, 0.05) is 44.8 Å². The second kappa shape index (κ2) is 6.65. The smallest absolute Gasteiger partial charge is 0.223 e. The molecule has 6 heteroatoms. The molecule has 4 rings (SSSR count). The minimum absolute atomic E-state index is 0.213. The van der Waals surface area contributed by atoms with E-state index in [4.69, 9.17) is 4.42 Å². The molecule has 3 heterocycles. The lowest BCUT2D eigenvalue weighted by atomic mass is 9.96. The molecule has 3 atom stereocenters. The number of aromatic nitrogens is 3. The lowest BCUT2D eigenvalue weighted by molar-refractivity contribution is -0.132. The molecule has 1 aliphatic heterocycles. The number of rotatable bonds is 5. The summed E-state index contributed by atoms with van der Waals surface area (Å²) in [5, 5.41) is 8.18. The highest BCUT2D eigenvalue weighted by atomic mass is 16.3. The number of hydrogen-bond donors (Lipinski definition) is 0. The summed E-state index contributed by atoms with van der Waals surface area (Å²) in [5.74, 6) is 4.85. The molecule has 0 spiro atoms. The SMILES string of the molecule is C[C@@H]1C[C@H]1c1ccc(CCC(=O)N2CCC[C@H](c3nncn3C)C2)o1. The van der Waals surface area contributed by atoms with Gasteiger partial charge in [0.2, 0.25) is 5.91 Å². The number of carbonyl (C=O) groups is 1. The third kappa shape index (κ3) is 3.48. The van der Waals surface area contributed by atoms with Crippen molar-refractivity contribution in [3.05, 3.63) is 35.8 Å². The van der Waals surface area contributed by atoms with Gasteiger partial charge in [-0.2, -0.15) is 0 Å². The van der Waals surface area contributed by atoms with Crippen molar-refractivity contribution in [2.75, 3.05) is 13.1 Å². The maximum absolute atomic E-state index is 12.6. The van der Waals surface area contributed by atoms with Crippen LogP contribution in [0.1, 0.15) is 61.8 Å². The Hall–Kier alpha value is -2.11. The summed E-state index contributed by atoms with van der Waals surface area (Å²) in [4.78, 5) is 14.6. The van der Waals surface area contributed by atoms with Gasteiger partial charge in [-0.3, -0.25) is 4.79 Å². The summed E-state index contributed by atoms with van der Waals surface area (Å²) in [6.45, 7) is 3.84. The zero-order valence-corrected chi connectivity index (χ0v) is 15.0. The average molecular weight is 342 g/mol. The fourth-order valence-electron chi connectivity index (χ4n) is 3.91. The highest BCUT2D eigenvalue weighted by Gasteiger charge is 2.36. The fraction of sp³-hybridized carbons (Fsp3) is 0.632. The average Bonchev–Trinajstić information content (AvgIpc) is 3.02. The predicted octanol–water partition coefficient (Wildman–Crippen LogP) is 2.87. The number of nitrogens with zero attached hydrogens (tertiary/aromatic N) is 4. The molecule has 134 valence electrons. The van der Waals surface area contributed by atoms with Crippen molar-refractivity contribution < 1.29 is 9.21 Å². The lowest BCUT2D eigenvalue weighted by Crippen LogP contribution is -2.39. The van der Waals surface area contributed by atoms with Gasteiger partial charge in [0.05, 0.1) is 0 Å². The van der Waals surface area contributed by atoms with Gasteiger partial charge in [-0.15, -0.1) is 10.2 Å². The molecule has 0 aromatic carbocycles. The molecule has 2 aromatic heterocycles. The molecule has 1 aliphatic carbocycles. The Labute approximate surface area is 148 Å². The van der Waals surface area contributed by atoms with E-state index in [1.807, 2.05) is 22.6 Å². The first-order valence-electron chi connectivity index (χ1n) is 9.32. The first-order valence-corrected chi connectivity index (χ1v) is 9.32. The highest BCUT2D eigenvalue weighted by molar-refractivity contribution is 5.76. The summed E-state index contributed by atoms with van der Waals surface area (Å²) >= 11 is 0. The number of likely N-dealkylation sites (tertiary alicyclic amines) is 1. The van der Waals surface area contributed by atoms with Crippen LogP contribution >= 0.6 is 0 Å². The molecule has 1 saturated carbocycles. The van der Waals surface area contributed by atoms with Crippen molar-refractivity contribution in [3.63, 3.8) is 0 Å². The quantitative estimate of drug-likeness (QED) is 0.838. The van der Waals surface area contributed by atoms with E-state index < -0.39 is 0 Å². The number of amides is 1. The maximum atomic E-state index is 12.6. The minimum atomic E-state index is 0.213. The van der Waals surface area contributed by atoms with E-state index in [1.54, 1.807) is 6.33 Å². The van der Waals surface area contributed by atoms with Crippen LogP contribution < -0.4 is 0 Å². The van der Waals surface area contributed by atoms with Crippen LogP contribution in [0.25, 0.3) is 0 Å². The second-order valence-electron chi connectivity index (χ2n) is 7.60. The van der Waals surface area contributed by atoms with Gasteiger partial charge in [0.15, 0.2) is 0 Å². The predicted molar refractivity (Wildman–Crippen MR) is 93.1 cm³/mol. The first-order chi connectivity index (χ1) is 12.1. The summed E-state index contributed by atoms with van der Waals surface area (Å²) in [6.07, 6.45) is 6.24. The fourth-order valence-corrected chi connectivity index (χ4v) is 3.91. The number of hydrogen-bond acceptors (Lipinski definition) is 4. The summed E-state index contributed by atoms with van der Waals surface area (Å²) < 4.78 is 7.88. The van der Waals surface area contributed by atoms with Gasteiger partial charge in [0.1, 0.15) is 23.7 Å². The zero-order valence-electron chi connectivity index (χ0n) is 15.0. The Morgan fingerprint density at radius 3 is 2.96 bits per heavy atom. The molecule has 1 amide bonds. The maximum Gasteiger partial charge on any atom is 0.223 e. The summed E-state index contributed by atoms with van der Waals surface area (Å²) in [6, 6.07) is 4.12.